The number of anilines is 1. The van der Waals surface area contributed by atoms with Crippen LogP contribution in [0.1, 0.15) is 11.4 Å². The lowest BCUT2D eigenvalue weighted by Gasteiger charge is -2.00. The normalized spacial score (nSPS) is 10.8. The Hall–Kier alpha value is -2.57. The van der Waals surface area contributed by atoms with E-state index in [4.69, 9.17) is 0 Å². The summed E-state index contributed by atoms with van der Waals surface area (Å²) in [6.45, 7) is 2.34. The van der Waals surface area contributed by atoms with Crippen LogP contribution < -0.4 is 5.32 Å². The summed E-state index contributed by atoms with van der Waals surface area (Å²) in [6.07, 6.45) is 4.67. The molecule has 96 valence electrons. The van der Waals surface area contributed by atoms with Crippen LogP contribution in [-0.4, -0.2) is 24.6 Å². The summed E-state index contributed by atoms with van der Waals surface area (Å²) in [5.41, 5.74) is 2.24. The lowest BCUT2D eigenvalue weighted by molar-refractivity contribution is 0.615. The maximum atomic E-state index is 13.0. The van der Waals surface area contributed by atoms with E-state index in [1.54, 1.807) is 18.5 Å². The van der Waals surface area contributed by atoms with E-state index in [9.17, 15) is 4.39 Å². The van der Waals surface area contributed by atoms with Crippen molar-refractivity contribution in [3.63, 3.8) is 0 Å². The lowest BCUT2D eigenvalue weighted by atomic mass is 10.4. The summed E-state index contributed by atoms with van der Waals surface area (Å²) in [6, 6.07) is 2.92. The molecule has 3 rings (SSSR count). The standard InChI is InChI=1S/C12H11FN6/c1-8-4-15-10(5-14-8)6-16-12-17-11-3-2-9(13)7-19(11)18-12/h2-5,7H,6H2,1H3,(H,16,18). The number of rotatable bonds is 3. The van der Waals surface area contributed by atoms with E-state index < -0.39 is 0 Å². The molecule has 0 radical (unpaired) electrons. The molecule has 7 heteroatoms. The average Bonchev–Trinajstić information content (AvgIpc) is 2.80. The molecule has 0 bridgehead atoms. The number of hydrogen-bond acceptors (Lipinski definition) is 5. The van der Waals surface area contributed by atoms with Gasteiger partial charge in [-0.25, -0.2) is 8.91 Å². The predicted octanol–water partition coefficient (Wildman–Crippen LogP) is 1.58. The van der Waals surface area contributed by atoms with Gasteiger partial charge in [-0.2, -0.15) is 4.98 Å². The fourth-order valence-corrected chi connectivity index (χ4v) is 1.61. The molecule has 6 nitrogen and oxygen atoms in total. The number of hydrogen-bond donors (Lipinski definition) is 1. The zero-order valence-electron chi connectivity index (χ0n) is 10.2. The maximum Gasteiger partial charge on any atom is 0.243 e. The van der Waals surface area contributed by atoms with Crippen molar-refractivity contribution in [2.75, 3.05) is 5.32 Å². The van der Waals surface area contributed by atoms with E-state index in [0.717, 1.165) is 11.4 Å². The van der Waals surface area contributed by atoms with E-state index >= 15 is 0 Å². The lowest BCUT2D eigenvalue weighted by Crippen LogP contribution is -2.04. The van der Waals surface area contributed by atoms with Crippen LogP contribution >= 0.6 is 0 Å². The maximum absolute atomic E-state index is 13.0. The van der Waals surface area contributed by atoms with Crippen molar-refractivity contribution in [1.29, 1.82) is 0 Å². The zero-order valence-corrected chi connectivity index (χ0v) is 10.2. The van der Waals surface area contributed by atoms with Gasteiger partial charge in [-0.3, -0.25) is 9.97 Å². The van der Waals surface area contributed by atoms with Gasteiger partial charge in [-0.1, -0.05) is 0 Å². The Kier molecular flexibility index (Phi) is 2.79. The second kappa shape index (κ2) is 4.60. The summed E-state index contributed by atoms with van der Waals surface area (Å²) < 4.78 is 14.4. The van der Waals surface area contributed by atoms with Crippen LogP contribution in [-0.2, 0) is 6.54 Å². The Bertz CT molecular complexity index is 706. The fourth-order valence-electron chi connectivity index (χ4n) is 1.61. The zero-order chi connectivity index (χ0) is 13.2. The Morgan fingerprint density at radius 3 is 2.95 bits per heavy atom. The van der Waals surface area contributed by atoms with Crippen LogP contribution in [0.5, 0.6) is 0 Å². The number of aromatic nitrogens is 5. The first kappa shape index (κ1) is 11.5. The third-order valence-electron chi connectivity index (χ3n) is 2.56. The topological polar surface area (TPSA) is 68.0 Å². The van der Waals surface area contributed by atoms with Crippen LogP contribution in [0.2, 0.25) is 0 Å². The molecule has 0 aliphatic rings. The van der Waals surface area contributed by atoms with E-state index in [1.807, 2.05) is 6.92 Å². The second-order valence-corrected chi connectivity index (χ2v) is 4.09. The van der Waals surface area contributed by atoms with Gasteiger partial charge < -0.3 is 5.32 Å². The van der Waals surface area contributed by atoms with E-state index in [-0.39, 0.29) is 5.82 Å². The van der Waals surface area contributed by atoms with Crippen LogP contribution in [0.3, 0.4) is 0 Å². The molecule has 0 saturated carbocycles. The number of fused-ring (bicyclic) bond motifs is 1. The quantitative estimate of drug-likeness (QED) is 0.772. The van der Waals surface area contributed by atoms with Crippen molar-refractivity contribution in [2.24, 2.45) is 0 Å². The predicted molar refractivity (Wildman–Crippen MR) is 67.0 cm³/mol. The van der Waals surface area contributed by atoms with Crippen molar-refractivity contribution in [2.45, 2.75) is 13.5 Å². The van der Waals surface area contributed by atoms with Gasteiger partial charge in [0.25, 0.3) is 0 Å². The summed E-state index contributed by atoms with van der Waals surface area (Å²) in [5.74, 6) is 0.0707. The first-order valence-electron chi connectivity index (χ1n) is 5.74. The highest BCUT2D eigenvalue weighted by Gasteiger charge is 2.04. The van der Waals surface area contributed by atoms with Crippen molar-refractivity contribution >= 4 is 11.6 Å². The monoisotopic (exact) mass is 258 g/mol. The minimum Gasteiger partial charge on any atom is -0.347 e. The van der Waals surface area contributed by atoms with Gasteiger partial charge >= 0.3 is 0 Å². The second-order valence-electron chi connectivity index (χ2n) is 4.09. The molecule has 0 unspecified atom stereocenters. The van der Waals surface area contributed by atoms with E-state index in [1.165, 1.54) is 16.8 Å². The molecule has 0 aromatic carbocycles. The first-order valence-corrected chi connectivity index (χ1v) is 5.74. The van der Waals surface area contributed by atoms with Gasteiger partial charge in [-0.05, 0) is 19.1 Å². The Morgan fingerprint density at radius 1 is 1.26 bits per heavy atom. The Balaban J connectivity index is 1.76. The first-order chi connectivity index (χ1) is 9.20. The van der Waals surface area contributed by atoms with Gasteiger partial charge in [0, 0.05) is 6.20 Å². The molecular weight excluding hydrogens is 247 g/mol. The van der Waals surface area contributed by atoms with Crippen molar-refractivity contribution in [3.05, 3.63) is 47.9 Å². The van der Waals surface area contributed by atoms with Gasteiger partial charge in [0.1, 0.15) is 5.82 Å². The molecule has 3 heterocycles. The smallest absolute Gasteiger partial charge is 0.243 e. The number of aryl methyl sites for hydroxylation is 1. The van der Waals surface area contributed by atoms with Gasteiger partial charge in [0.2, 0.25) is 5.95 Å². The Labute approximate surface area is 108 Å². The highest BCUT2D eigenvalue weighted by Crippen LogP contribution is 2.07. The summed E-state index contributed by atoms with van der Waals surface area (Å²) in [5, 5.41) is 7.13. The molecule has 0 saturated heterocycles. The molecule has 0 aliphatic heterocycles. The molecule has 0 atom stereocenters. The minimum absolute atomic E-state index is 0.353. The highest BCUT2D eigenvalue weighted by atomic mass is 19.1. The van der Waals surface area contributed by atoms with Crippen LogP contribution in [0.15, 0.2) is 30.7 Å². The van der Waals surface area contributed by atoms with Crippen molar-refractivity contribution in [3.8, 4) is 0 Å². The number of nitrogens with one attached hydrogen (secondary N) is 1. The molecule has 1 N–H and O–H groups in total. The van der Waals surface area contributed by atoms with E-state index in [0.29, 0.717) is 18.1 Å². The van der Waals surface area contributed by atoms with Crippen molar-refractivity contribution in [1.82, 2.24) is 24.6 Å². The third kappa shape index (κ3) is 2.49. The summed E-state index contributed by atoms with van der Waals surface area (Å²) >= 11 is 0. The molecule has 3 aromatic rings. The summed E-state index contributed by atoms with van der Waals surface area (Å²) in [7, 11) is 0. The largest absolute Gasteiger partial charge is 0.347 e. The summed E-state index contributed by atoms with van der Waals surface area (Å²) in [4.78, 5) is 12.6. The van der Waals surface area contributed by atoms with Gasteiger partial charge in [0.05, 0.1) is 30.3 Å². The third-order valence-corrected chi connectivity index (χ3v) is 2.56. The number of halogens is 1. The highest BCUT2D eigenvalue weighted by molar-refractivity contribution is 5.43. The molecule has 0 fully saturated rings. The minimum atomic E-state index is -0.353. The van der Waals surface area contributed by atoms with E-state index in [2.05, 4.69) is 25.4 Å². The molecule has 0 spiro atoms. The van der Waals surface area contributed by atoms with Gasteiger partial charge in [-0.15, -0.1) is 5.10 Å². The Morgan fingerprint density at radius 2 is 2.16 bits per heavy atom. The average molecular weight is 258 g/mol. The number of pyridine rings is 1. The van der Waals surface area contributed by atoms with Crippen molar-refractivity contribution < 1.29 is 4.39 Å². The molecule has 19 heavy (non-hydrogen) atoms. The van der Waals surface area contributed by atoms with Crippen LogP contribution in [0.4, 0.5) is 10.3 Å². The molecule has 3 aromatic heterocycles. The molecular formula is C12H11FN6. The van der Waals surface area contributed by atoms with Crippen LogP contribution in [0.25, 0.3) is 5.65 Å². The molecule has 0 aliphatic carbocycles. The van der Waals surface area contributed by atoms with Gasteiger partial charge in [0.15, 0.2) is 5.65 Å². The van der Waals surface area contributed by atoms with Crippen LogP contribution in [0, 0.1) is 12.7 Å². The SMILES string of the molecule is Cc1cnc(CNc2nc3ccc(F)cn3n2)cn1. The molecule has 0 amide bonds. The fraction of sp³-hybridized carbons (Fsp3) is 0.167. The number of nitrogens with zero attached hydrogens (tertiary/aromatic N) is 5.